The zero-order valence-electron chi connectivity index (χ0n) is 12.1. The van der Waals surface area contributed by atoms with Gasteiger partial charge in [0.05, 0.1) is 18.4 Å². The molecule has 1 aromatic rings. The first-order chi connectivity index (χ1) is 10.1. The van der Waals surface area contributed by atoms with Gasteiger partial charge in [0.15, 0.2) is 6.61 Å². The van der Waals surface area contributed by atoms with Crippen LogP contribution in [0.2, 0.25) is 0 Å². The van der Waals surface area contributed by atoms with Gasteiger partial charge in [0.1, 0.15) is 5.75 Å². The minimum Gasteiger partial charge on any atom is -0.495 e. The number of carbonyl (C=O) groups excluding carboxylic acids is 2. The number of hydrogen-bond donors (Lipinski definition) is 2. The van der Waals surface area contributed by atoms with Crippen LogP contribution >= 0.6 is 0 Å². The summed E-state index contributed by atoms with van der Waals surface area (Å²) in [5.74, 6) is -0.438. The van der Waals surface area contributed by atoms with E-state index in [9.17, 15) is 9.59 Å². The number of carbonyl (C=O) groups is 2. The van der Waals surface area contributed by atoms with Gasteiger partial charge in [0.25, 0.3) is 5.91 Å². The summed E-state index contributed by atoms with van der Waals surface area (Å²) in [7, 11) is 1.47. The molecule has 0 saturated heterocycles. The smallest absolute Gasteiger partial charge is 0.338 e. The van der Waals surface area contributed by atoms with E-state index in [2.05, 4.69) is 5.32 Å². The molecule has 21 heavy (non-hydrogen) atoms. The van der Waals surface area contributed by atoms with E-state index in [0.29, 0.717) is 17.0 Å². The maximum atomic E-state index is 11.9. The summed E-state index contributed by atoms with van der Waals surface area (Å²) in [6.45, 7) is -0.276. The molecule has 0 bridgehead atoms. The molecule has 1 aliphatic carbocycles. The summed E-state index contributed by atoms with van der Waals surface area (Å²) in [5, 5.41) is 2.86. The first kappa shape index (κ1) is 15.2. The van der Waals surface area contributed by atoms with Crippen molar-refractivity contribution >= 4 is 17.6 Å². The Morgan fingerprint density at radius 2 is 2.05 bits per heavy atom. The second-order valence-electron chi connectivity index (χ2n) is 5.08. The quantitative estimate of drug-likeness (QED) is 0.634. The molecule has 0 radical (unpaired) electrons. The maximum absolute atomic E-state index is 11.9. The van der Waals surface area contributed by atoms with E-state index in [1.165, 1.54) is 19.2 Å². The molecule has 6 heteroatoms. The van der Waals surface area contributed by atoms with Gasteiger partial charge in [-0.05, 0) is 31.0 Å². The highest BCUT2D eigenvalue weighted by molar-refractivity contribution is 5.92. The Kier molecular flexibility index (Phi) is 5.03. The van der Waals surface area contributed by atoms with E-state index < -0.39 is 5.97 Å². The third-order valence-corrected chi connectivity index (χ3v) is 3.52. The standard InChI is InChI=1S/C15H20N2O4/c1-20-13-8-10(6-7-12(13)16)15(19)21-9-14(18)17-11-4-2-3-5-11/h6-8,11H,2-5,9,16H2,1H3,(H,17,18). The molecule has 0 atom stereocenters. The number of esters is 1. The number of hydrogen-bond acceptors (Lipinski definition) is 5. The number of rotatable bonds is 5. The first-order valence-electron chi connectivity index (χ1n) is 7.00. The van der Waals surface area contributed by atoms with E-state index in [-0.39, 0.29) is 18.6 Å². The van der Waals surface area contributed by atoms with Gasteiger partial charge in [-0.1, -0.05) is 12.8 Å². The van der Waals surface area contributed by atoms with Crippen molar-refractivity contribution in [3.63, 3.8) is 0 Å². The number of anilines is 1. The topological polar surface area (TPSA) is 90.6 Å². The van der Waals surface area contributed by atoms with Crippen LogP contribution in [0.15, 0.2) is 18.2 Å². The molecule has 2 rings (SSSR count). The Morgan fingerprint density at radius 1 is 1.33 bits per heavy atom. The Labute approximate surface area is 123 Å². The number of nitrogens with one attached hydrogen (secondary N) is 1. The second-order valence-corrected chi connectivity index (χ2v) is 5.08. The van der Waals surface area contributed by atoms with Gasteiger partial charge >= 0.3 is 5.97 Å². The molecule has 1 saturated carbocycles. The molecule has 1 amide bonds. The normalized spacial score (nSPS) is 14.7. The molecule has 1 aromatic carbocycles. The van der Waals surface area contributed by atoms with Crippen molar-refractivity contribution < 1.29 is 19.1 Å². The van der Waals surface area contributed by atoms with Crippen molar-refractivity contribution in [1.29, 1.82) is 0 Å². The number of nitrogens with two attached hydrogens (primary N) is 1. The second kappa shape index (κ2) is 6.97. The summed E-state index contributed by atoms with van der Waals surface area (Å²) < 4.78 is 10.0. The third-order valence-electron chi connectivity index (χ3n) is 3.52. The highest BCUT2D eigenvalue weighted by Crippen LogP contribution is 2.22. The number of nitrogen functional groups attached to an aromatic ring is 1. The molecule has 0 unspecified atom stereocenters. The van der Waals surface area contributed by atoms with E-state index in [1.807, 2.05) is 0 Å². The molecule has 114 valence electrons. The van der Waals surface area contributed by atoms with Gasteiger partial charge in [-0.3, -0.25) is 4.79 Å². The van der Waals surface area contributed by atoms with Gasteiger partial charge < -0.3 is 20.5 Å². The highest BCUT2D eigenvalue weighted by atomic mass is 16.5. The van der Waals surface area contributed by atoms with Crippen LogP contribution in [0.3, 0.4) is 0 Å². The molecule has 0 heterocycles. The van der Waals surface area contributed by atoms with Crippen molar-refractivity contribution in [3.05, 3.63) is 23.8 Å². The fourth-order valence-corrected chi connectivity index (χ4v) is 2.39. The maximum Gasteiger partial charge on any atom is 0.338 e. The summed E-state index contributed by atoms with van der Waals surface area (Å²) >= 11 is 0. The van der Waals surface area contributed by atoms with Crippen LogP contribution in [0.1, 0.15) is 36.0 Å². The van der Waals surface area contributed by atoms with Crippen LogP contribution in [-0.4, -0.2) is 31.6 Å². The molecule has 6 nitrogen and oxygen atoms in total. The van der Waals surface area contributed by atoms with Crippen LogP contribution in [0.5, 0.6) is 5.75 Å². The fourth-order valence-electron chi connectivity index (χ4n) is 2.39. The Bertz CT molecular complexity index is 524. The van der Waals surface area contributed by atoms with Crippen molar-refractivity contribution in [1.82, 2.24) is 5.32 Å². The molecule has 1 aliphatic rings. The van der Waals surface area contributed by atoms with Crippen LogP contribution < -0.4 is 15.8 Å². The summed E-state index contributed by atoms with van der Waals surface area (Å²) in [5.41, 5.74) is 6.41. The van der Waals surface area contributed by atoms with Crippen LogP contribution in [0.4, 0.5) is 5.69 Å². The lowest BCUT2D eigenvalue weighted by atomic mass is 10.2. The Morgan fingerprint density at radius 3 is 2.71 bits per heavy atom. The van der Waals surface area contributed by atoms with Crippen LogP contribution in [0.25, 0.3) is 0 Å². The van der Waals surface area contributed by atoms with E-state index in [1.54, 1.807) is 6.07 Å². The van der Waals surface area contributed by atoms with Crippen molar-refractivity contribution in [2.75, 3.05) is 19.5 Å². The fraction of sp³-hybridized carbons (Fsp3) is 0.467. The monoisotopic (exact) mass is 292 g/mol. The zero-order valence-corrected chi connectivity index (χ0v) is 12.1. The van der Waals surface area contributed by atoms with Crippen LogP contribution in [-0.2, 0) is 9.53 Å². The van der Waals surface area contributed by atoms with Gasteiger partial charge in [0, 0.05) is 6.04 Å². The lowest BCUT2D eigenvalue weighted by Gasteiger charge is -2.12. The van der Waals surface area contributed by atoms with Crippen molar-refractivity contribution in [3.8, 4) is 5.75 Å². The summed E-state index contributed by atoms with van der Waals surface area (Å²) in [6.07, 6.45) is 4.26. The zero-order chi connectivity index (χ0) is 15.2. The Balaban J connectivity index is 1.84. The largest absolute Gasteiger partial charge is 0.495 e. The summed E-state index contributed by atoms with van der Waals surface area (Å²) in [6, 6.07) is 4.81. The lowest BCUT2D eigenvalue weighted by Crippen LogP contribution is -2.35. The number of benzene rings is 1. The minimum atomic E-state index is -0.574. The molecule has 1 fully saturated rings. The molecule has 0 aromatic heterocycles. The average molecular weight is 292 g/mol. The predicted molar refractivity (Wildman–Crippen MR) is 78.1 cm³/mol. The predicted octanol–water partition coefficient (Wildman–Crippen LogP) is 1.49. The first-order valence-corrected chi connectivity index (χ1v) is 7.00. The minimum absolute atomic E-state index is 0.216. The SMILES string of the molecule is COc1cc(C(=O)OCC(=O)NC2CCCC2)ccc1N. The van der Waals surface area contributed by atoms with Gasteiger partial charge in [-0.25, -0.2) is 4.79 Å². The van der Waals surface area contributed by atoms with Crippen molar-refractivity contribution in [2.45, 2.75) is 31.7 Å². The number of amides is 1. The van der Waals surface area contributed by atoms with E-state index in [0.717, 1.165) is 25.7 Å². The van der Waals surface area contributed by atoms with Gasteiger partial charge in [-0.2, -0.15) is 0 Å². The molecular weight excluding hydrogens is 272 g/mol. The van der Waals surface area contributed by atoms with Crippen molar-refractivity contribution in [2.24, 2.45) is 0 Å². The van der Waals surface area contributed by atoms with Crippen LogP contribution in [0, 0.1) is 0 Å². The molecule has 0 spiro atoms. The molecule has 3 N–H and O–H groups in total. The average Bonchev–Trinajstić information content (AvgIpc) is 2.98. The van der Waals surface area contributed by atoms with E-state index in [4.69, 9.17) is 15.2 Å². The third kappa shape index (κ3) is 4.11. The lowest BCUT2D eigenvalue weighted by molar-refractivity contribution is -0.124. The van der Waals surface area contributed by atoms with Gasteiger partial charge in [-0.15, -0.1) is 0 Å². The van der Waals surface area contributed by atoms with E-state index >= 15 is 0 Å². The molecule has 0 aliphatic heterocycles. The molecular formula is C15H20N2O4. The Hall–Kier alpha value is -2.24. The summed E-state index contributed by atoms with van der Waals surface area (Å²) in [4.78, 5) is 23.5. The number of methoxy groups -OCH3 is 1. The van der Waals surface area contributed by atoms with Gasteiger partial charge in [0.2, 0.25) is 0 Å². The number of ether oxygens (including phenoxy) is 2. The highest BCUT2D eigenvalue weighted by Gasteiger charge is 2.18.